The Balaban J connectivity index is 1.63. The minimum atomic E-state index is -3.91. The molecule has 1 aromatic heterocycles. The smallest absolute Gasteiger partial charge is 0.236 e. The first-order chi connectivity index (χ1) is 15.0. The molecule has 5 rings (SSSR count). The van der Waals surface area contributed by atoms with E-state index in [2.05, 4.69) is 17.1 Å². The van der Waals surface area contributed by atoms with Gasteiger partial charge in [0.25, 0.3) is 0 Å². The van der Waals surface area contributed by atoms with Crippen LogP contribution in [0.3, 0.4) is 0 Å². The highest BCUT2D eigenvalue weighted by molar-refractivity contribution is 7.91. The van der Waals surface area contributed by atoms with Crippen molar-refractivity contribution in [3.63, 3.8) is 0 Å². The van der Waals surface area contributed by atoms with Gasteiger partial charge in [0.05, 0.1) is 4.90 Å². The van der Waals surface area contributed by atoms with Crippen molar-refractivity contribution in [2.75, 3.05) is 11.4 Å². The Morgan fingerprint density at radius 2 is 1.55 bits per heavy atom. The zero-order chi connectivity index (χ0) is 21.4. The topological polar surface area (TPSA) is 63.4 Å². The highest BCUT2D eigenvalue weighted by Gasteiger charge is 2.32. The molecule has 0 amide bonds. The van der Waals surface area contributed by atoms with Crippen LogP contribution < -0.4 is 4.90 Å². The minimum absolute atomic E-state index is 0.0759. The summed E-state index contributed by atoms with van der Waals surface area (Å²) in [4.78, 5) is 6.53. The van der Waals surface area contributed by atoms with E-state index in [0.717, 1.165) is 17.5 Å². The lowest BCUT2D eigenvalue weighted by atomic mass is 10.0. The molecular formula is C24H19ClN2O3S. The molecule has 2 heterocycles. The van der Waals surface area contributed by atoms with E-state index >= 15 is 0 Å². The molecule has 1 aliphatic rings. The first kappa shape index (κ1) is 19.8. The van der Waals surface area contributed by atoms with Gasteiger partial charge in [0, 0.05) is 23.7 Å². The van der Waals surface area contributed by atoms with Gasteiger partial charge in [-0.05, 0) is 53.9 Å². The molecule has 0 saturated carbocycles. The molecule has 0 spiro atoms. The van der Waals surface area contributed by atoms with Crippen molar-refractivity contribution in [3.8, 4) is 11.5 Å². The monoisotopic (exact) mass is 450 g/mol. The number of fused-ring (bicyclic) bond motifs is 1. The molecule has 0 N–H and O–H groups in total. The van der Waals surface area contributed by atoms with Crippen LogP contribution in [0.25, 0.3) is 11.5 Å². The van der Waals surface area contributed by atoms with Crippen LogP contribution in [-0.4, -0.2) is 19.9 Å². The molecule has 3 aromatic carbocycles. The number of rotatable bonds is 4. The largest absolute Gasteiger partial charge is 0.419 e. The zero-order valence-corrected chi connectivity index (χ0v) is 18.1. The Bertz CT molecular complexity index is 1330. The normalized spacial score (nSPS) is 13.8. The van der Waals surface area contributed by atoms with Gasteiger partial charge in [0.2, 0.25) is 26.6 Å². The number of sulfone groups is 1. The number of nitrogens with zero attached hydrogens (tertiary/aromatic N) is 2. The third-order valence-corrected chi connectivity index (χ3v) is 7.32. The van der Waals surface area contributed by atoms with Gasteiger partial charge in [-0.1, -0.05) is 54.1 Å². The highest BCUT2D eigenvalue weighted by Crippen LogP contribution is 2.37. The van der Waals surface area contributed by atoms with Crippen LogP contribution in [0, 0.1) is 0 Å². The van der Waals surface area contributed by atoms with Crippen LogP contribution in [0.5, 0.6) is 0 Å². The van der Waals surface area contributed by atoms with Crippen molar-refractivity contribution in [1.82, 2.24) is 4.98 Å². The molecule has 5 nitrogen and oxygen atoms in total. The summed E-state index contributed by atoms with van der Waals surface area (Å²) in [5.41, 5.74) is 3.14. The molecule has 0 radical (unpaired) electrons. The number of anilines is 1. The Morgan fingerprint density at radius 1 is 0.871 bits per heavy atom. The van der Waals surface area contributed by atoms with E-state index in [-0.39, 0.29) is 21.7 Å². The summed E-state index contributed by atoms with van der Waals surface area (Å²) in [6, 6.07) is 23.6. The second kappa shape index (κ2) is 7.87. The molecule has 156 valence electrons. The van der Waals surface area contributed by atoms with Gasteiger partial charge >= 0.3 is 0 Å². The second-order valence-corrected chi connectivity index (χ2v) is 9.69. The van der Waals surface area contributed by atoms with Gasteiger partial charge in [-0.2, -0.15) is 4.98 Å². The van der Waals surface area contributed by atoms with Crippen LogP contribution in [0.15, 0.2) is 93.2 Å². The second-order valence-electron chi connectivity index (χ2n) is 7.39. The van der Waals surface area contributed by atoms with Crippen molar-refractivity contribution in [3.05, 3.63) is 95.0 Å². The van der Waals surface area contributed by atoms with Crippen molar-refractivity contribution >= 4 is 27.3 Å². The summed E-state index contributed by atoms with van der Waals surface area (Å²) in [5, 5.41) is 0.394. The molecule has 31 heavy (non-hydrogen) atoms. The molecule has 7 heteroatoms. The highest BCUT2D eigenvalue weighted by atomic mass is 35.5. The molecular weight excluding hydrogens is 432 g/mol. The third-order valence-electron chi connectivity index (χ3n) is 5.40. The number of aromatic nitrogens is 1. The fourth-order valence-electron chi connectivity index (χ4n) is 3.77. The summed E-state index contributed by atoms with van der Waals surface area (Å²) in [5.74, 6) is 0.547. The average Bonchev–Trinajstić information content (AvgIpc) is 3.26. The van der Waals surface area contributed by atoms with E-state index in [0.29, 0.717) is 18.1 Å². The molecule has 1 aliphatic heterocycles. The Morgan fingerprint density at radius 3 is 2.29 bits per heavy atom. The van der Waals surface area contributed by atoms with Crippen LogP contribution in [0.1, 0.15) is 11.1 Å². The number of oxazole rings is 1. The van der Waals surface area contributed by atoms with E-state index in [1.165, 1.54) is 17.7 Å². The predicted octanol–water partition coefficient (Wildman–Crippen LogP) is 5.39. The minimum Gasteiger partial charge on any atom is -0.419 e. The summed E-state index contributed by atoms with van der Waals surface area (Å²) < 4.78 is 33.1. The predicted molar refractivity (Wildman–Crippen MR) is 120 cm³/mol. The Kier molecular flexibility index (Phi) is 5.04. The molecule has 0 atom stereocenters. The van der Waals surface area contributed by atoms with E-state index in [4.69, 9.17) is 16.0 Å². The van der Waals surface area contributed by atoms with Gasteiger partial charge in [-0.3, -0.25) is 0 Å². The standard InChI is InChI=1S/C24H19ClN2O3S/c25-20-10-12-21(13-11-20)31(28,29)23-24(30-22(26-23)18-7-2-1-3-8-18)27-15-14-17-6-4-5-9-19(17)16-27/h1-13H,14-16H2. The molecule has 0 saturated heterocycles. The summed E-state index contributed by atoms with van der Waals surface area (Å²) >= 11 is 5.96. The number of benzene rings is 3. The lowest BCUT2D eigenvalue weighted by molar-refractivity contribution is 0.533. The van der Waals surface area contributed by atoms with Crippen molar-refractivity contribution in [2.45, 2.75) is 22.9 Å². The maximum absolute atomic E-state index is 13.5. The molecule has 0 bridgehead atoms. The van der Waals surface area contributed by atoms with Gasteiger partial charge < -0.3 is 9.32 Å². The number of hydrogen-bond donors (Lipinski definition) is 0. The Labute approximate surface area is 185 Å². The number of hydrogen-bond acceptors (Lipinski definition) is 5. The summed E-state index contributed by atoms with van der Waals surface area (Å²) in [7, 11) is -3.91. The quantitative estimate of drug-likeness (QED) is 0.417. The van der Waals surface area contributed by atoms with Crippen LogP contribution in [-0.2, 0) is 22.8 Å². The fourth-order valence-corrected chi connectivity index (χ4v) is 5.22. The average molecular weight is 451 g/mol. The summed E-state index contributed by atoms with van der Waals surface area (Å²) in [6.45, 7) is 1.20. The van der Waals surface area contributed by atoms with E-state index in [1.54, 1.807) is 12.1 Å². The maximum Gasteiger partial charge on any atom is 0.236 e. The van der Waals surface area contributed by atoms with Crippen molar-refractivity contribution in [1.29, 1.82) is 0 Å². The SMILES string of the molecule is O=S(=O)(c1ccc(Cl)cc1)c1nc(-c2ccccc2)oc1N1CCc2ccccc2C1. The molecule has 4 aromatic rings. The maximum atomic E-state index is 13.5. The van der Waals surface area contributed by atoms with Crippen molar-refractivity contribution in [2.24, 2.45) is 0 Å². The lowest BCUT2D eigenvalue weighted by Crippen LogP contribution is -2.31. The van der Waals surface area contributed by atoms with Crippen molar-refractivity contribution < 1.29 is 12.8 Å². The lowest BCUT2D eigenvalue weighted by Gasteiger charge is -2.28. The van der Waals surface area contributed by atoms with Gasteiger partial charge in [0.1, 0.15) is 0 Å². The fraction of sp³-hybridized carbons (Fsp3) is 0.125. The van der Waals surface area contributed by atoms with E-state index in [9.17, 15) is 8.42 Å². The summed E-state index contributed by atoms with van der Waals surface area (Å²) in [6.07, 6.45) is 0.804. The zero-order valence-electron chi connectivity index (χ0n) is 16.5. The molecule has 0 unspecified atom stereocenters. The van der Waals surface area contributed by atoms with E-state index < -0.39 is 9.84 Å². The molecule has 0 aliphatic carbocycles. The van der Waals surface area contributed by atoms with Crippen LogP contribution >= 0.6 is 11.6 Å². The van der Waals surface area contributed by atoms with Gasteiger partial charge in [-0.25, -0.2) is 8.42 Å². The van der Waals surface area contributed by atoms with E-state index in [1.807, 2.05) is 47.4 Å². The van der Waals surface area contributed by atoms with Crippen LogP contribution in [0.4, 0.5) is 5.88 Å². The van der Waals surface area contributed by atoms with Crippen LogP contribution in [0.2, 0.25) is 5.02 Å². The number of halogens is 1. The third kappa shape index (κ3) is 3.73. The first-order valence-corrected chi connectivity index (χ1v) is 11.8. The Hall–Kier alpha value is -3.09. The van der Waals surface area contributed by atoms with Gasteiger partial charge in [0.15, 0.2) is 0 Å². The molecule has 0 fully saturated rings. The first-order valence-electron chi connectivity index (χ1n) is 9.91. The van der Waals surface area contributed by atoms with Gasteiger partial charge in [-0.15, -0.1) is 0 Å².